The Balaban J connectivity index is 2.36. The summed E-state index contributed by atoms with van der Waals surface area (Å²) in [5.74, 6) is 0. The van der Waals surface area contributed by atoms with Gasteiger partial charge in [0.25, 0.3) is 0 Å². The van der Waals surface area contributed by atoms with Crippen LogP contribution in [0.5, 0.6) is 0 Å². The summed E-state index contributed by atoms with van der Waals surface area (Å²) < 4.78 is 0. The zero-order chi connectivity index (χ0) is 10.8. The van der Waals surface area contributed by atoms with Crippen LogP contribution < -0.4 is 4.90 Å². The maximum Gasteiger partial charge on any atom is 0.176 e. The highest BCUT2D eigenvalue weighted by atomic mass is 35.5. The predicted molar refractivity (Wildman–Crippen MR) is 63.1 cm³/mol. The Labute approximate surface area is 103 Å². The zero-order valence-corrected chi connectivity index (χ0v) is 10.3. The first-order valence-electron chi connectivity index (χ1n) is 4.82. The number of halogens is 3. The summed E-state index contributed by atoms with van der Waals surface area (Å²) in [7, 11) is 0. The topological polar surface area (TPSA) is 29.0 Å². The second kappa shape index (κ2) is 4.73. The monoisotopic (exact) mass is 265 g/mol. The van der Waals surface area contributed by atoms with E-state index in [2.05, 4.69) is 15.1 Å². The number of nitrogens with zero attached hydrogens (tertiary/aromatic N) is 3. The summed E-state index contributed by atoms with van der Waals surface area (Å²) in [4.78, 5) is 2.12. The summed E-state index contributed by atoms with van der Waals surface area (Å²) in [6.45, 7) is 1.89. The number of hydrogen-bond acceptors (Lipinski definition) is 3. The van der Waals surface area contributed by atoms with Crippen LogP contribution in [-0.2, 0) is 0 Å². The predicted octanol–water partition coefficient (Wildman–Crippen LogP) is 3.43. The highest BCUT2D eigenvalue weighted by Gasteiger charge is 2.20. The van der Waals surface area contributed by atoms with Crippen molar-refractivity contribution in [3.8, 4) is 0 Å². The lowest BCUT2D eigenvalue weighted by Gasteiger charge is -2.29. The molecule has 1 fully saturated rings. The van der Waals surface area contributed by atoms with Crippen molar-refractivity contribution in [2.75, 3.05) is 18.0 Å². The lowest BCUT2D eigenvalue weighted by atomic mass is 10.1. The summed E-state index contributed by atoms with van der Waals surface area (Å²) in [6.07, 6.45) is 3.54. The summed E-state index contributed by atoms with van der Waals surface area (Å²) in [6, 6.07) is 0. The normalized spacial score (nSPS) is 16.9. The SMILES string of the molecule is Clc1nnc(Cl)c(N2CCCCC2)c1Cl. The van der Waals surface area contributed by atoms with Crippen LogP contribution in [0.25, 0.3) is 0 Å². The van der Waals surface area contributed by atoms with Crippen LogP contribution in [0.3, 0.4) is 0 Å². The van der Waals surface area contributed by atoms with Gasteiger partial charge in [0, 0.05) is 13.1 Å². The molecule has 1 saturated heterocycles. The molecule has 82 valence electrons. The Hall–Kier alpha value is -0.250. The van der Waals surface area contributed by atoms with Crippen LogP contribution in [0.2, 0.25) is 15.3 Å². The smallest absolute Gasteiger partial charge is 0.176 e. The van der Waals surface area contributed by atoms with Crippen molar-refractivity contribution in [1.82, 2.24) is 10.2 Å². The molecule has 1 aliphatic rings. The van der Waals surface area contributed by atoms with Crippen LogP contribution in [0.15, 0.2) is 0 Å². The largest absolute Gasteiger partial charge is 0.368 e. The van der Waals surface area contributed by atoms with Crippen LogP contribution in [0, 0.1) is 0 Å². The molecule has 0 spiro atoms. The molecule has 0 bridgehead atoms. The third-order valence-corrected chi connectivity index (χ3v) is 3.46. The van der Waals surface area contributed by atoms with E-state index in [-0.39, 0.29) is 5.15 Å². The van der Waals surface area contributed by atoms with Crippen molar-refractivity contribution >= 4 is 40.5 Å². The molecular weight excluding hydrogens is 256 g/mol. The number of piperidine rings is 1. The Bertz CT molecular complexity index is 364. The van der Waals surface area contributed by atoms with Crippen molar-refractivity contribution in [3.05, 3.63) is 15.3 Å². The van der Waals surface area contributed by atoms with Crippen molar-refractivity contribution in [2.45, 2.75) is 19.3 Å². The quantitative estimate of drug-likeness (QED) is 0.780. The molecule has 0 aromatic carbocycles. The molecule has 2 rings (SSSR count). The number of aromatic nitrogens is 2. The maximum absolute atomic E-state index is 6.07. The summed E-state index contributed by atoms with van der Waals surface area (Å²) in [5, 5.41) is 8.37. The minimum absolute atomic E-state index is 0.210. The third-order valence-electron chi connectivity index (χ3n) is 2.48. The molecule has 2 heterocycles. The van der Waals surface area contributed by atoms with Gasteiger partial charge in [0.2, 0.25) is 0 Å². The molecule has 1 aromatic heterocycles. The first kappa shape index (κ1) is 11.2. The van der Waals surface area contributed by atoms with Crippen LogP contribution in [0.1, 0.15) is 19.3 Å². The third kappa shape index (κ3) is 2.30. The van der Waals surface area contributed by atoms with Crippen molar-refractivity contribution in [1.29, 1.82) is 0 Å². The van der Waals surface area contributed by atoms with E-state index < -0.39 is 0 Å². The van der Waals surface area contributed by atoms with Gasteiger partial charge in [0.05, 0.1) is 5.69 Å². The van der Waals surface area contributed by atoms with E-state index in [1.54, 1.807) is 0 Å². The first-order valence-corrected chi connectivity index (χ1v) is 5.95. The van der Waals surface area contributed by atoms with Gasteiger partial charge in [-0.15, -0.1) is 10.2 Å². The van der Waals surface area contributed by atoms with Gasteiger partial charge < -0.3 is 4.90 Å². The first-order chi connectivity index (χ1) is 7.20. The van der Waals surface area contributed by atoms with Gasteiger partial charge in [-0.05, 0) is 19.3 Å². The van der Waals surface area contributed by atoms with Gasteiger partial charge in [0.15, 0.2) is 10.3 Å². The minimum Gasteiger partial charge on any atom is -0.368 e. The molecule has 0 radical (unpaired) electrons. The van der Waals surface area contributed by atoms with Gasteiger partial charge in [-0.1, -0.05) is 34.8 Å². The lowest BCUT2D eigenvalue weighted by molar-refractivity contribution is 0.577. The zero-order valence-electron chi connectivity index (χ0n) is 8.01. The van der Waals surface area contributed by atoms with Crippen LogP contribution in [0.4, 0.5) is 5.69 Å². The Kier molecular flexibility index (Phi) is 3.54. The standard InChI is InChI=1S/C9H10Cl3N3/c10-6-7(9(12)14-13-8(6)11)15-4-2-1-3-5-15/h1-5H2. The molecule has 1 aromatic rings. The highest BCUT2D eigenvalue weighted by Crippen LogP contribution is 2.36. The van der Waals surface area contributed by atoms with Gasteiger partial charge in [0.1, 0.15) is 5.02 Å². The Morgan fingerprint density at radius 1 is 0.867 bits per heavy atom. The molecule has 0 aliphatic carbocycles. The second-order valence-corrected chi connectivity index (χ2v) is 4.59. The van der Waals surface area contributed by atoms with E-state index in [1.807, 2.05) is 0 Å². The molecule has 15 heavy (non-hydrogen) atoms. The van der Waals surface area contributed by atoms with Gasteiger partial charge in [-0.3, -0.25) is 0 Å². The molecule has 0 N–H and O–H groups in total. The van der Waals surface area contributed by atoms with Gasteiger partial charge in [-0.25, -0.2) is 0 Å². The molecule has 1 aliphatic heterocycles. The lowest BCUT2D eigenvalue weighted by Crippen LogP contribution is -2.30. The van der Waals surface area contributed by atoms with Crippen LogP contribution in [-0.4, -0.2) is 23.3 Å². The fourth-order valence-electron chi connectivity index (χ4n) is 1.75. The molecule has 6 heteroatoms. The van der Waals surface area contributed by atoms with Gasteiger partial charge >= 0.3 is 0 Å². The number of anilines is 1. The fourth-order valence-corrected chi connectivity index (χ4v) is 2.43. The molecule has 0 amide bonds. The van der Waals surface area contributed by atoms with Crippen LogP contribution >= 0.6 is 34.8 Å². The average molecular weight is 267 g/mol. The fraction of sp³-hybridized carbons (Fsp3) is 0.556. The number of hydrogen-bond donors (Lipinski definition) is 0. The average Bonchev–Trinajstić information content (AvgIpc) is 2.26. The van der Waals surface area contributed by atoms with Gasteiger partial charge in [-0.2, -0.15) is 0 Å². The van der Waals surface area contributed by atoms with Crippen molar-refractivity contribution < 1.29 is 0 Å². The van der Waals surface area contributed by atoms with Crippen molar-refractivity contribution in [3.63, 3.8) is 0 Å². The minimum atomic E-state index is 0.210. The Morgan fingerprint density at radius 3 is 2.13 bits per heavy atom. The van der Waals surface area contributed by atoms with E-state index in [4.69, 9.17) is 34.8 Å². The molecule has 0 atom stereocenters. The summed E-state index contributed by atoms with van der Waals surface area (Å²) in [5.41, 5.74) is 0.720. The second-order valence-electron chi connectivity index (χ2n) is 3.49. The van der Waals surface area contributed by atoms with E-state index in [0.717, 1.165) is 31.6 Å². The molecule has 3 nitrogen and oxygen atoms in total. The summed E-state index contributed by atoms with van der Waals surface area (Å²) >= 11 is 17.9. The Morgan fingerprint density at radius 2 is 1.47 bits per heavy atom. The van der Waals surface area contributed by atoms with E-state index in [9.17, 15) is 0 Å². The van der Waals surface area contributed by atoms with Crippen molar-refractivity contribution in [2.24, 2.45) is 0 Å². The number of rotatable bonds is 1. The molecular formula is C9H10Cl3N3. The highest BCUT2D eigenvalue weighted by molar-refractivity contribution is 6.44. The maximum atomic E-state index is 6.07. The molecule has 0 saturated carbocycles. The molecule has 0 unspecified atom stereocenters. The van der Waals surface area contributed by atoms with E-state index in [0.29, 0.717) is 10.2 Å². The van der Waals surface area contributed by atoms with E-state index in [1.165, 1.54) is 6.42 Å². The van der Waals surface area contributed by atoms with E-state index >= 15 is 0 Å².